The van der Waals surface area contributed by atoms with Crippen LogP contribution in [0.1, 0.15) is 6.92 Å². The van der Waals surface area contributed by atoms with Crippen molar-refractivity contribution < 1.29 is 14.7 Å². The lowest BCUT2D eigenvalue weighted by molar-refractivity contribution is -0.120. The van der Waals surface area contributed by atoms with Gasteiger partial charge in [-0.25, -0.2) is 4.90 Å². The number of nitrogens with zero attached hydrogens (tertiary/aromatic N) is 1. The van der Waals surface area contributed by atoms with Crippen LogP contribution in [0.4, 0.5) is 5.69 Å². The molecule has 1 aromatic rings. The Morgan fingerprint density at radius 1 is 1.31 bits per heavy atom. The molecule has 1 aliphatic rings. The van der Waals surface area contributed by atoms with Gasteiger partial charge in [0.05, 0.1) is 10.7 Å². The molecular formula is C11H8ClNO3. The van der Waals surface area contributed by atoms with Crippen molar-refractivity contribution in [2.45, 2.75) is 6.92 Å². The molecule has 0 atom stereocenters. The van der Waals surface area contributed by atoms with Crippen LogP contribution in [0.2, 0.25) is 5.02 Å². The number of rotatable bonds is 1. The molecule has 1 aromatic carbocycles. The SMILES string of the molecule is CC1=CC(=O)N(c2ccc(Cl)c(O)c2)C1=O. The summed E-state index contributed by atoms with van der Waals surface area (Å²) in [6, 6.07) is 4.22. The summed E-state index contributed by atoms with van der Waals surface area (Å²) in [6.45, 7) is 1.57. The van der Waals surface area contributed by atoms with E-state index in [4.69, 9.17) is 11.6 Å². The first-order valence-corrected chi connectivity index (χ1v) is 4.94. The van der Waals surface area contributed by atoms with Crippen LogP contribution >= 0.6 is 11.6 Å². The third-order valence-electron chi connectivity index (χ3n) is 2.29. The number of phenols is 1. The molecule has 2 amide bonds. The average Bonchev–Trinajstić information content (AvgIpc) is 2.47. The molecule has 0 unspecified atom stereocenters. The highest BCUT2D eigenvalue weighted by Crippen LogP contribution is 2.30. The zero-order chi connectivity index (χ0) is 11.9. The van der Waals surface area contributed by atoms with Gasteiger partial charge >= 0.3 is 0 Å². The van der Waals surface area contributed by atoms with Gasteiger partial charge in [0.15, 0.2) is 0 Å². The van der Waals surface area contributed by atoms with Gasteiger partial charge in [0.1, 0.15) is 5.75 Å². The fraction of sp³-hybridized carbons (Fsp3) is 0.0909. The van der Waals surface area contributed by atoms with Crippen molar-refractivity contribution in [3.8, 4) is 5.75 Å². The van der Waals surface area contributed by atoms with Gasteiger partial charge in [-0.1, -0.05) is 11.6 Å². The fourth-order valence-electron chi connectivity index (χ4n) is 1.47. The highest BCUT2D eigenvalue weighted by molar-refractivity contribution is 6.33. The number of amides is 2. The number of hydrogen-bond acceptors (Lipinski definition) is 3. The normalized spacial score (nSPS) is 15.6. The number of hydrogen-bond donors (Lipinski definition) is 1. The molecule has 0 fully saturated rings. The third kappa shape index (κ3) is 1.57. The first-order valence-electron chi connectivity index (χ1n) is 4.56. The number of anilines is 1. The van der Waals surface area contributed by atoms with Crippen LogP contribution in [0, 0.1) is 0 Å². The number of halogens is 1. The molecule has 5 heteroatoms. The van der Waals surface area contributed by atoms with Gasteiger partial charge in [-0.3, -0.25) is 9.59 Å². The van der Waals surface area contributed by atoms with Crippen LogP contribution < -0.4 is 4.90 Å². The number of aromatic hydroxyl groups is 1. The molecule has 0 radical (unpaired) electrons. The Bertz CT molecular complexity index is 522. The number of imide groups is 1. The number of phenolic OH excluding ortho intramolecular Hbond substituents is 1. The maximum absolute atomic E-state index is 11.6. The summed E-state index contributed by atoms with van der Waals surface area (Å²) in [7, 11) is 0. The Morgan fingerprint density at radius 3 is 2.50 bits per heavy atom. The van der Waals surface area contributed by atoms with Crippen LogP contribution in [0.5, 0.6) is 5.75 Å². The van der Waals surface area contributed by atoms with Gasteiger partial charge in [-0.15, -0.1) is 0 Å². The summed E-state index contributed by atoms with van der Waals surface area (Å²) in [6.07, 6.45) is 1.26. The second kappa shape index (κ2) is 3.64. The molecule has 4 nitrogen and oxygen atoms in total. The summed E-state index contributed by atoms with van der Waals surface area (Å²) in [5.41, 5.74) is 0.685. The average molecular weight is 238 g/mol. The van der Waals surface area contributed by atoms with Gasteiger partial charge in [0, 0.05) is 17.7 Å². The maximum atomic E-state index is 11.6. The lowest BCUT2D eigenvalue weighted by Gasteiger charge is -2.14. The molecule has 1 N–H and O–H groups in total. The van der Waals surface area contributed by atoms with Crippen LogP contribution in [0.3, 0.4) is 0 Å². The summed E-state index contributed by atoms with van der Waals surface area (Å²) < 4.78 is 0. The van der Waals surface area contributed by atoms with Crippen LogP contribution in [-0.4, -0.2) is 16.9 Å². The lowest BCUT2D eigenvalue weighted by atomic mass is 10.2. The second-order valence-corrected chi connectivity index (χ2v) is 3.85. The van der Waals surface area contributed by atoms with Gasteiger partial charge in [-0.05, 0) is 19.1 Å². The predicted octanol–water partition coefficient (Wildman–Crippen LogP) is 1.87. The minimum Gasteiger partial charge on any atom is -0.506 e. The zero-order valence-electron chi connectivity index (χ0n) is 8.40. The molecule has 2 rings (SSSR count). The van der Waals surface area contributed by atoms with Crippen molar-refractivity contribution in [1.29, 1.82) is 0 Å². The molecule has 0 saturated carbocycles. The van der Waals surface area contributed by atoms with E-state index in [1.54, 1.807) is 6.92 Å². The molecule has 0 aromatic heterocycles. The van der Waals surface area contributed by atoms with E-state index < -0.39 is 5.91 Å². The maximum Gasteiger partial charge on any atom is 0.261 e. The van der Waals surface area contributed by atoms with Crippen molar-refractivity contribution in [1.82, 2.24) is 0 Å². The van der Waals surface area contributed by atoms with Gasteiger partial charge < -0.3 is 5.11 Å². The largest absolute Gasteiger partial charge is 0.506 e. The second-order valence-electron chi connectivity index (χ2n) is 3.44. The Balaban J connectivity index is 2.43. The van der Waals surface area contributed by atoms with E-state index in [-0.39, 0.29) is 16.7 Å². The minimum absolute atomic E-state index is 0.163. The molecule has 82 valence electrons. The number of benzene rings is 1. The smallest absolute Gasteiger partial charge is 0.261 e. The summed E-state index contributed by atoms with van der Waals surface area (Å²) >= 11 is 5.64. The number of carbonyl (C=O) groups excluding carboxylic acids is 2. The van der Waals surface area contributed by atoms with Gasteiger partial charge in [0.25, 0.3) is 11.8 Å². The third-order valence-corrected chi connectivity index (χ3v) is 2.61. The van der Waals surface area contributed by atoms with Crippen molar-refractivity contribution >= 4 is 29.1 Å². The molecule has 0 saturated heterocycles. The zero-order valence-corrected chi connectivity index (χ0v) is 9.15. The highest BCUT2D eigenvalue weighted by Gasteiger charge is 2.29. The van der Waals surface area contributed by atoms with E-state index in [1.807, 2.05) is 0 Å². The molecule has 0 spiro atoms. The quantitative estimate of drug-likeness (QED) is 0.759. The molecule has 16 heavy (non-hydrogen) atoms. The highest BCUT2D eigenvalue weighted by atomic mass is 35.5. The van der Waals surface area contributed by atoms with E-state index in [0.717, 1.165) is 4.90 Å². The molecular weight excluding hydrogens is 230 g/mol. The van der Waals surface area contributed by atoms with Crippen molar-refractivity contribution in [2.75, 3.05) is 4.90 Å². The van der Waals surface area contributed by atoms with E-state index >= 15 is 0 Å². The van der Waals surface area contributed by atoms with E-state index in [2.05, 4.69) is 0 Å². The Labute approximate surface area is 96.7 Å². The summed E-state index contributed by atoms with van der Waals surface area (Å²) in [4.78, 5) is 24.1. The first-order chi connectivity index (χ1) is 7.50. The topological polar surface area (TPSA) is 57.6 Å². The minimum atomic E-state index is -0.413. The van der Waals surface area contributed by atoms with Crippen LogP contribution in [0.25, 0.3) is 0 Å². The van der Waals surface area contributed by atoms with Gasteiger partial charge in [-0.2, -0.15) is 0 Å². The molecule has 1 heterocycles. The standard InChI is InChI=1S/C11H8ClNO3/c1-6-4-10(15)13(11(6)16)7-2-3-8(12)9(14)5-7/h2-5,14H,1H3. The van der Waals surface area contributed by atoms with Gasteiger partial charge in [0.2, 0.25) is 0 Å². The predicted molar refractivity (Wildman–Crippen MR) is 59.4 cm³/mol. The number of carbonyl (C=O) groups is 2. The van der Waals surface area contributed by atoms with Crippen molar-refractivity contribution in [3.63, 3.8) is 0 Å². The Hall–Kier alpha value is -1.81. The monoisotopic (exact) mass is 237 g/mol. The summed E-state index contributed by atoms with van der Waals surface area (Å²) in [5.74, 6) is -0.958. The molecule has 1 aliphatic heterocycles. The Kier molecular flexibility index (Phi) is 2.44. The van der Waals surface area contributed by atoms with E-state index in [9.17, 15) is 14.7 Å². The van der Waals surface area contributed by atoms with E-state index in [1.165, 1.54) is 24.3 Å². The van der Waals surface area contributed by atoms with Crippen LogP contribution in [-0.2, 0) is 9.59 Å². The first kappa shape index (κ1) is 10.7. The molecule has 0 bridgehead atoms. The van der Waals surface area contributed by atoms with Crippen molar-refractivity contribution in [3.05, 3.63) is 34.9 Å². The van der Waals surface area contributed by atoms with E-state index in [0.29, 0.717) is 11.3 Å². The fourth-order valence-corrected chi connectivity index (χ4v) is 1.59. The Morgan fingerprint density at radius 2 is 2.00 bits per heavy atom. The summed E-state index contributed by atoms with van der Waals surface area (Å²) in [5, 5.41) is 9.57. The molecule has 0 aliphatic carbocycles. The lowest BCUT2D eigenvalue weighted by Crippen LogP contribution is -2.30. The van der Waals surface area contributed by atoms with Crippen LogP contribution in [0.15, 0.2) is 29.8 Å². The van der Waals surface area contributed by atoms with Crippen molar-refractivity contribution in [2.24, 2.45) is 0 Å².